The highest BCUT2D eigenvalue weighted by Gasteiger charge is 2.35. The van der Waals surface area contributed by atoms with Crippen LogP contribution in [-0.4, -0.2) is 17.3 Å². The molecule has 2 saturated carbocycles. The van der Waals surface area contributed by atoms with Gasteiger partial charge in [-0.25, -0.2) is 0 Å². The molecular weight excluding hydrogens is 246 g/mol. The third-order valence-electron chi connectivity index (χ3n) is 4.70. The Morgan fingerprint density at radius 3 is 2.61 bits per heavy atom. The molecule has 104 valence electrons. The summed E-state index contributed by atoms with van der Waals surface area (Å²) >= 11 is 6.15. The minimum Gasteiger partial charge on any atom is -0.349 e. The Kier molecular flexibility index (Phi) is 4.94. The Balaban J connectivity index is 1.86. The molecule has 2 unspecified atom stereocenters. The maximum atomic E-state index is 12.2. The van der Waals surface area contributed by atoms with Gasteiger partial charge in [0.05, 0.1) is 5.54 Å². The fourth-order valence-electron chi connectivity index (χ4n) is 3.75. The Hall–Kier alpha value is -0.240. The van der Waals surface area contributed by atoms with Crippen LogP contribution in [0.3, 0.4) is 0 Å². The summed E-state index contributed by atoms with van der Waals surface area (Å²) in [4.78, 5) is 12.2. The minimum absolute atomic E-state index is 0.116. The van der Waals surface area contributed by atoms with Crippen molar-refractivity contribution in [1.82, 2.24) is 5.32 Å². The summed E-state index contributed by atoms with van der Waals surface area (Å²) in [6.07, 6.45) is 10.4. The first-order chi connectivity index (χ1) is 8.63. The van der Waals surface area contributed by atoms with Crippen LogP contribution in [-0.2, 0) is 4.79 Å². The van der Waals surface area contributed by atoms with Crippen molar-refractivity contribution < 1.29 is 4.79 Å². The highest BCUT2D eigenvalue weighted by atomic mass is 35.5. The highest BCUT2D eigenvalue weighted by Crippen LogP contribution is 2.34. The monoisotopic (exact) mass is 271 g/mol. The van der Waals surface area contributed by atoms with Gasteiger partial charge in [-0.15, -0.1) is 11.6 Å². The van der Waals surface area contributed by atoms with Crippen molar-refractivity contribution in [3.63, 3.8) is 0 Å². The molecule has 2 atom stereocenters. The zero-order valence-corrected chi connectivity index (χ0v) is 12.3. The van der Waals surface area contributed by atoms with Crippen molar-refractivity contribution in [1.29, 1.82) is 0 Å². The van der Waals surface area contributed by atoms with Gasteiger partial charge in [0.15, 0.2) is 0 Å². The first-order valence-corrected chi connectivity index (χ1v) is 8.04. The Labute approximate surface area is 116 Å². The summed E-state index contributed by atoms with van der Waals surface area (Å²) in [5.41, 5.74) is -0.116. The molecule has 0 heterocycles. The lowest BCUT2D eigenvalue weighted by atomic mass is 9.77. The molecule has 3 heteroatoms. The minimum atomic E-state index is -0.116. The molecule has 0 aromatic heterocycles. The van der Waals surface area contributed by atoms with Crippen molar-refractivity contribution in [3.8, 4) is 0 Å². The molecular formula is C15H26ClNO. The van der Waals surface area contributed by atoms with Crippen LogP contribution < -0.4 is 5.32 Å². The van der Waals surface area contributed by atoms with E-state index in [0.717, 1.165) is 12.8 Å². The molecule has 0 spiro atoms. The van der Waals surface area contributed by atoms with Gasteiger partial charge in [0.1, 0.15) is 0 Å². The van der Waals surface area contributed by atoms with Gasteiger partial charge in [-0.3, -0.25) is 4.79 Å². The smallest absolute Gasteiger partial charge is 0.220 e. The summed E-state index contributed by atoms with van der Waals surface area (Å²) < 4.78 is 0. The van der Waals surface area contributed by atoms with Crippen molar-refractivity contribution in [3.05, 3.63) is 0 Å². The Morgan fingerprint density at radius 1 is 1.28 bits per heavy atom. The van der Waals surface area contributed by atoms with E-state index in [0.29, 0.717) is 24.1 Å². The number of carbonyl (C=O) groups excluding carboxylic acids is 1. The zero-order valence-electron chi connectivity index (χ0n) is 11.5. The van der Waals surface area contributed by atoms with E-state index in [1.807, 2.05) is 0 Å². The molecule has 2 aliphatic rings. The van der Waals surface area contributed by atoms with Crippen LogP contribution in [0.25, 0.3) is 0 Å². The second-order valence-electron chi connectivity index (χ2n) is 6.52. The molecule has 2 rings (SSSR count). The van der Waals surface area contributed by atoms with Gasteiger partial charge in [-0.1, -0.05) is 32.6 Å². The Bertz CT molecular complexity index is 288. The van der Waals surface area contributed by atoms with Gasteiger partial charge < -0.3 is 5.32 Å². The molecule has 2 fully saturated rings. The number of nitrogens with one attached hydrogen (secondary N) is 1. The van der Waals surface area contributed by atoms with Gasteiger partial charge in [0.25, 0.3) is 0 Å². The first kappa shape index (κ1) is 14.2. The van der Waals surface area contributed by atoms with E-state index in [-0.39, 0.29) is 11.4 Å². The number of rotatable bonds is 4. The van der Waals surface area contributed by atoms with Crippen LogP contribution >= 0.6 is 11.6 Å². The predicted molar refractivity (Wildman–Crippen MR) is 75.8 cm³/mol. The zero-order chi connectivity index (χ0) is 13.0. The summed E-state index contributed by atoms with van der Waals surface area (Å²) in [5, 5.41) is 3.27. The van der Waals surface area contributed by atoms with E-state index in [4.69, 9.17) is 11.6 Å². The number of hydrogen-bond donors (Lipinski definition) is 1. The molecule has 0 aliphatic heterocycles. The lowest BCUT2D eigenvalue weighted by Gasteiger charge is -2.39. The van der Waals surface area contributed by atoms with Gasteiger partial charge in [-0.05, 0) is 37.5 Å². The lowest BCUT2D eigenvalue weighted by Crippen LogP contribution is -2.52. The third kappa shape index (κ3) is 3.63. The van der Waals surface area contributed by atoms with Crippen LogP contribution in [0.5, 0.6) is 0 Å². The van der Waals surface area contributed by atoms with Crippen molar-refractivity contribution in [2.45, 2.75) is 70.3 Å². The van der Waals surface area contributed by atoms with Crippen LogP contribution in [0.4, 0.5) is 0 Å². The fourth-order valence-corrected chi connectivity index (χ4v) is 4.06. The summed E-state index contributed by atoms with van der Waals surface area (Å²) in [6, 6.07) is 0. The van der Waals surface area contributed by atoms with Crippen LogP contribution in [0.2, 0.25) is 0 Å². The molecule has 1 N–H and O–H groups in total. The van der Waals surface area contributed by atoms with Crippen molar-refractivity contribution in [2.75, 3.05) is 5.88 Å². The van der Waals surface area contributed by atoms with E-state index >= 15 is 0 Å². The molecule has 0 bridgehead atoms. The van der Waals surface area contributed by atoms with Gasteiger partial charge >= 0.3 is 0 Å². The van der Waals surface area contributed by atoms with E-state index in [2.05, 4.69) is 12.2 Å². The summed E-state index contributed by atoms with van der Waals surface area (Å²) in [6.45, 7) is 2.27. The number of hydrogen-bond acceptors (Lipinski definition) is 1. The molecule has 2 aliphatic carbocycles. The maximum Gasteiger partial charge on any atom is 0.220 e. The normalized spacial score (nSPS) is 33.6. The molecule has 0 aromatic carbocycles. The molecule has 0 aromatic rings. The van der Waals surface area contributed by atoms with Crippen LogP contribution in [0.1, 0.15) is 64.7 Å². The second kappa shape index (κ2) is 6.27. The van der Waals surface area contributed by atoms with Crippen LogP contribution in [0, 0.1) is 11.8 Å². The fraction of sp³-hybridized carbons (Fsp3) is 0.933. The second-order valence-corrected chi connectivity index (χ2v) is 6.79. The van der Waals surface area contributed by atoms with E-state index in [9.17, 15) is 4.79 Å². The average Bonchev–Trinajstić information content (AvgIpc) is 2.81. The number of alkyl halides is 1. The number of halogens is 1. The van der Waals surface area contributed by atoms with Gasteiger partial charge in [0.2, 0.25) is 5.91 Å². The molecule has 0 saturated heterocycles. The molecule has 1 amide bonds. The Morgan fingerprint density at radius 2 is 2.00 bits per heavy atom. The topological polar surface area (TPSA) is 29.1 Å². The summed E-state index contributed by atoms with van der Waals surface area (Å²) in [5.74, 6) is 2.10. The van der Waals surface area contributed by atoms with Gasteiger partial charge in [0, 0.05) is 12.3 Å². The maximum absolute atomic E-state index is 12.2. The number of carbonyl (C=O) groups is 1. The van der Waals surface area contributed by atoms with Crippen LogP contribution in [0.15, 0.2) is 0 Å². The van der Waals surface area contributed by atoms with Crippen molar-refractivity contribution in [2.24, 2.45) is 11.8 Å². The molecule has 18 heavy (non-hydrogen) atoms. The number of amides is 1. The standard InChI is InChI=1S/C15H26ClNO/c1-12-5-4-8-15(10-12,11-16)17-14(18)9-13-6-2-3-7-13/h12-13H,2-11H2,1H3,(H,17,18). The molecule has 0 radical (unpaired) electrons. The van der Waals surface area contributed by atoms with E-state index < -0.39 is 0 Å². The SMILES string of the molecule is CC1CCCC(CCl)(NC(=O)CC2CCCC2)C1. The highest BCUT2D eigenvalue weighted by molar-refractivity contribution is 6.18. The van der Waals surface area contributed by atoms with Gasteiger partial charge in [-0.2, -0.15) is 0 Å². The largest absolute Gasteiger partial charge is 0.349 e. The van der Waals surface area contributed by atoms with E-state index in [1.54, 1.807) is 0 Å². The quantitative estimate of drug-likeness (QED) is 0.773. The summed E-state index contributed by atoms with van der Waals surface area (Å²) in [7, 11) is 0. The van der Waals surface area contributed by atoms with E-state index in [1.165, 1.54) is 38.5 Å². The lowest BCUT2D eigenvalue weighted by molar-refractivity contribution is -0.124. The molecule has 2 nitrogen and oxygen atoms in total. The third-order valence-corrected chi connectivity index (χ3v) is 5.21. The average molecular weight is 272 g/mol. The predicted octanol–water partition coefficient (Wildman–Crippen LogP) is 3.87. The first-order valence-electron chi connectivity index (χ1n) is 7.50. The van der Waals surface area contributed by atoms with Crippen molar-refractivity contribution >= 4 is 17.5 Å².